The van der Waals surface area contributed by atoms with Crippen LogP contribution < -0.4 is 10.6 Å². The minimum atomic E-state index is -0.0868. The van der Waals surface area contributed by atoms with Gasteiger partial charge in [0.15, 0.2) is 0 Å². The van der Waals surface area contributed by atoms with Crippen LogP contribution in [0.25, 0.3) is 0 Å². The number of aromatic nitrogens is 2. The normalized spacial score (nSPS) is 16.0. The number of carbonyl (C=O) groups is 1. The molecule has 0 saturated heterocycles. The van der Waals surface area contributed by atoms with Crippen molar-refractivity contribution >= 4 is 11.9 Å². The van der Waals surface area contributed by atoms with E-state index in [0.717, 1.165) is 25.8 Å². The monoisotopic (exact) mass is 290 g/mol. The Kier molecular flexibility index (Phi) is 5.96. The van der Waals surface area contributed by atoms with Gasteiger partial charge in [-0.1, -0.05) is 33.1 Å². The van der Waals surface area contributed by atoms with E-state index in [2.05, 4.69) is 34.4 Å². The van der Waals surface area contributed by atoms with E-state index in [1.807, 2.05) is 0 Å². The van der Waals surface area contributed by atoms with Crippen LogP contribution in [0.15, 0.2) is 12.3 Å². The molecule has 5 heteroatoms. The first-order valence-electron chi connectivity index (χ1n) is 8.03. The van der Waals surface area contributed by atoms with Crippen LogP contribution in [0, 0.1) is 5.92 Å². The number of carbonyl (C=O) groups excluding carboxylic acids is 1. The van der Waals surface area contributed by atoms with Crippen LogP contribution in [-0.4, -0.2) is 28.5 Å². The van der Waals surface area contributed by atoms with Crippen LogP contribution in [-0.2, 0) is 0 Å². The van der Waals surface area contributed by atoms with Crippen LogP contribution in [0.5, 0.6) is 0 Å². The van der Waals surface area contributed by atoms with Crippen molar-refractivity contribution in [1.82, 2.24) is 15.3 Å². The van der Waals surface area contributed by atoms with Crippen LogP contribution in [0.2, 0.25) is 0 Å². The summed E-state index contributed by atoms with van der Waals surface area (Å²) in [6.07, 6.45) is 8.55. The summed E-state index contributed by atoms with van der Waals surface area (Å²) < 4.78 is 0. The number of anilines is 1. The molecular weight excluding hydrogens is 264 g/mol. The third-order valence-corrected chi connectivity index (χ3v) is 3.83. The average molecular weight is 290 g/mol. The summed E-state index contributed by atoms with van der Waals surface area (Å²) in [4.78, 5) is 20.7. The second kappa shape index (κ2) is 7.96. The van der Waals surface area contributed by atoms with E-state index in [1.54, 1.807) is 12.3 Å². The summed E-state index contributed by atoms with van der Waals surface area (Å²) in [5.41, 5.74) is 0.447. The number of hydrogen-bond acceptors (Lipinski definition) is 4. The molecule has 0 atom stereocenters. The van der Waals surface area contributed by atoms with Crippen molar-refractivity contribution in [1.29, 1.82) is 0 Å². The lowest BCUT2D eigenvalue weighted by Crippen LogP contribution is -2.36. The van der Waals surface area contributed by atoms with Crippen LogP contribution in [0.3, 0.4) is 0 Å². The summed E-state index contributed by atoms with van der Waals surface area (Å²) in [7, 11) is 0. The number of amides is 1. The second-order valence-corrected chi connectivity index (χ2v) is 6.18. The molecule has 1 aromatic heterocycles. The molecule has 2 rings (SSSR count). The molecule has 0 bridgehead atoms. The predicted molar refractivity (Wildman–Crippen MR) is 84.3 cm³/mol. The molecule has 0 radical (unpaired) electrons. The number of rotatable bonds is 6. The highest BCUT2D eigenvalue weighted by atomic mass is 16.1. The quantitative estimate of drug-likeness (QED) is 0.845. The molecule has 1 fully saturated rings. The first-order valence-corrected chi connectivity index (χ1v) is 8.03. The zero-order valence-corrected chi connectivity index (χ0v) is 13.1. The molecule has 2 N–H and O–H groups in total. The second-order valence-electron chi connectivity index (χ2n) is 6.18. The largest absolute Gasteiger partial charge is 0.354 e. The van der Waals surface area contributed by atoms with Gasteiger partial charge in [0, 0.05) is 18.8 Å². The van der Waals surface area contributed by atoms with E-state index < -0.39 is 0 Å². The molecule has 1 aliphatic carbocycles. The molecule has 0 aliphatic heterocycles. The fraction of sp³-hybridized carbons (Fsp3) is 0.688. The van der Waals surface area contributed by atoms with Crippen molar-refractivity contribution in [3.8, 4) is 0 Å². The van der Waals surface area contributed by atoms with Crippen LogP contribution in [0.1, 0.15) is 62.9 Å². The Hall–Kier alpha value is -1.65. The lowest BCUT2D eigenvalue weighted by Gasteiger charge is -2.22. The Bertz CT molecular complexity index is 455. The summed E-state index contributed by atoms with van der Waals surface area (Å²) >= 11 is 0. The van der Waals surface area contributed by atoms with Gasteiger partial charge in [-0.15, -0.1) is 0 Å². The lowest BCUT2D eigenvalue weighted by atomic mass is 9.95. The first-order chi connectivity index (χ1) is 10.1. The molecule has 1 saturated carbocycles. The fourth-order valence-corrected chi connectivity index (χ4v) is 2.55. The van der Waals surface area contributed by atoms with E-state index in [-0.39, 0.29) is 5.91 Å². The van der Waals surface area contributed by atoms with E-state index in [1.165, 1.54) is 19.3 Å². The van der Waals surface area contributed by atoms with Crippen LogP contribution in [0.4, 0.5) is 5.95 Å². The Morgan fingerprint density at radius 2 is 2.10 bits per heavy atom. The smallest absolute Gasteiger partial charge is 0.270 e. The van der Waals surface area contributed by atoms with Gasteiger partial charge in [0.2, 0.25) is 5.95 Å². The maximum absolute atomic E-state index is 12.2. The molecular formula is C16H26N4O. The summed E-state index contributed by atoms with van der Waals surface area (Å²) in [5, 5.41) is 6.25. The zero-order chi connectivity index (χ0) is 15.1. The van der Waals surface area contributed by atoms with E-state index in [9.17, 15) is 4.79 Å². The third kappa shape index (κ3) is 5.33. The highest BCUT2D eigenvalue weighted by Gasteiger charge is 2.17. The molecule has 1 amide bonds. The highest BCUT2D eigenvalue weighted by Crippen LogP contribution is 2.17. The molecule has 1 heterocycles. The topological polar surface area (TPSA) is 66.9 Å². The molecule has 0 spiro atoms. The Balaban J connectivity index is 1.88. The van der Waals surface area contributed by atoms with Gasteiger partial charge in [-0.2, -0.15) is 0 Å². The van der Waals surface area contributed by atoms with Crippen molar-refractivity contribution in [3.05, 3.63) is 18.0 Å². The van der Waals surface area contributed by atoms with Gasteiger partial charge in [-0.05, 0) is 31.2 Å². The van der Waals surface area contributed by atoms with Gasteiger partial charge < -0.3 is 10.6 Å². The standard InChI is InChI=1S/C16H26N4O/c1-12(2)8-10-17-16-18-11-9-14(20-16)15(21)19-13-6-4-3-5-7-13/h9,11-13H,3-8,10H2,1-2H3,(H,19,21)(H,17,18,20). The molecule has 5 nitrogen and oxygen atoms in total. The number of nitrogens with zero attached hydrogens (tertiary/aromatic N) is 2. The van der Waals surface area contributed by atoms with Crippen molar-refractivity contribution in [3.63, 3.8) is 0 Å². The molecule has 1 aromatic rings. The average Bonchev–Trinajstić information content (AvgIpc) is 2.48. The van der Waals surface area contributed by atoms with Crippen molar-refractivity contribution < 1.29 is 4.79 Å². The van der Waals surface area contributed by atoms with Crippen LogP contribution >= 0.6 is 0 Å². The maximum Gasteiger partial charge on any atom is 0.270 e. The Morgan fingerprint density at radius 1 is 1.33 bits per heavy atom. The Labute approximate surface area is 127 Å². The van der Waals surface area contributed by atoms with E-state index in [4.69, 9.17) is 0 Å². The van der Waals surface area contributed by atoms with Gasteiger partial charge in [0.25, 0.3) is 5.91 Å². The minimum absolute atomic E-state index is 0.0868. The molecule has 21 heavy (non-hydrogen) atoms. The van der Waals surface area contributed by atoms with Gasteiger partial charge in [0.05, 0.1) is 0 Å². The number of hydrogen-bond donors (Lipinski definition) is 2. The zero-order valence-electron chi connectivity index (χ0n) is 13.1. The number of nitrogens with one attached hydrogen (secondary N) is 2. The maximum atomic E-state index is 12.2. The van der Waals surface area contributed by atoms with Gasteiger partial charge in [-0.25, -0.2) is 9.97 Å². The molecule has 1 aliphatic rings. The van der Waals surface area contributed by atoms with Gasteiger partial charge >= 0.3 is 0 Å². The minimum Gasteiger partial charge on any atom is -0.354 e. The summed E-state index contributed by atoms with van der Waals surface area (Å²) in [6, 6.07) is 1.98. The molecule has 0 unspecified atom stereocenters. The fourth-order valence-electron chi connectivity index (χ4n) is 2.55. The third-order valence-electron chi connectivity index (χ3n) is 3.83. The SMILES string of the molecule is CC(C)CCNc1nccc(C(=O)NC2CCCCC2)n1. The summed E-state index contributed by atoms with van der Waals surface area (Å²) in [5.74, 6) is 1.08. The van der Waals surface area contributed by atoms with Gasteiger partial charge in [-0.3, -0.25) is 4.79 Å². The lowest BCUT2D eigenvalue weighted by molar-refractivity contribution is 0.0922. The van der Waals surface area contributed by atoms with Gasteiger partial charge in [0.1, 0.15) is 5.69 Å². The first kappa shape index (κ1) is 15.7. The van der Waals surface area contributed by atoms with E-state index >= 15 is 0 Å². The van der Waals surface area contributed by atoms with Crippen molar-refractivity contribution in [2.24, 2.45) is 5.92 Å². The van der Waals surface area contributed by atoms with Crippen molar-refractivity contribution in [2.75, 3.05) is 11.9 Å². The highest BCUT2D eigenvalue weighted by molar-refractivity contribution is 5.92. The van der Waals surface area contributed by atoms with E-state index in [0.29, 0.717) is 23.6 Å². The predicted octanol–water partition coefficient (Wildman–Crippen LogP) is 3.00. The molecule has 0 aromatic carbocycles. The summed E-state index contributed by atoms with van der Waals surface area (Å²) in [6.45, 7) is 5.18. The van der Waals surface area contributed by atoms with Crippen molar-refractivity contribution in [2.45, 2.75) is 58.4 Å². The Morgan fingerprint density at radius 3 is 2.81 bits per heavy atom. The molecule has 116 valence electrons.